The summed E-state index contributed by atoms with van der Waals surface area (Å²) in [5, 5.41) is 18.2. The summed E-state index contributed by atoms with van der Waals surface area (Å²) in [5.74, 6) is 0.151. The Morgan fingerprint density at radius 2 is 2.08 bits per heavy atom. The Bertz CT molecular complexity index is 243. The molecule has 3 heteroatoms. The van der Waals surface area contributed by atoms with Crippen LogP contribution in [0.2, 0.25) is 0 Å². The monoisotopic (exact) mass is 168 g/mol. The van der Waals surface area contributed by atoms with E-state index < -0.39 is 6.10 Å². The van der Waals surface area contributed by atoms with Gasteiger partial charge in [0.2, 0.25) is 0 Å². The van der Waals surface area contributed by atoms with Gasteiger partial charge in [0.1, 0.15) is 11.9 Å². The first kappa shape index (κ1) is 9.03. The van der Waals surface area contributed by atoms with E-state index in [9.17, 15) is 5.11 Å². The van der Waals surface area contributed by atoms with Gasteiger partial charge in [-0.15, -0.1) is 0 Å². The van der Waals surface area contributed by atoms with Crippen molar-refractivity contribution in [3.63, 3.8) is 0 Å². The van der Waals surface area contributed by atoms with E-state index in [1.165, 1.54) is 7.11 Å². The van der Waals surface area contributed by atoms with E-state index in [0.717, 1.165) is 0 Å². The molecule has 0 aliphatic carbocycles. The number of aliphatic hydroxyl groups excluding tert-OH is 1. The van der Waals surface area contributed by atoms with Crippen molar-refractivity contribution in [3.05, 3.63) is 29.8 Å². The number of ether oxygens (including phenoxy) is 1. The number of phenolic OH excluding ortho intramolecular Hbond substituents is 1. The van der Waals surface area contributed by atoms with E-state index >= 15 is 0 Å². The van der Waals surface area contributed by atoms with Crippen LogP contribution in [0.15, 0.2) is 24.3 Å². The molecule has 0 aromatic heterocycles. The predicted octanol–water partition coefficient (Wildman–Crippen LogP) is 1.07. The van der Waals surface area contributed by atoms with Crippen LogP contribution in [-0.4, -0.2) is 23.9 Å². The van der Waals surface area contributed by atoms with Gasteiger partial charge >= 0.3 is 0 Å². The third-order valence-electron chi connectivity index (χ3n) is 1.73. The largest absolute Gasteiger partial charge is 0.508 e. The highest BCUT2D eigenvalue weighted by molar-refractivity contribution is 5.33. The molecule has 0 radical (unpaired) electrons. The fourth-order valence-corrected chi connectivity index (χ4v) is 1.06. The minimum atomic E-state index is -0.439. The quantitative estimate of drug-likeness (QED) is 0.709. The van der Waals surface area contributed by atoms with Crippen molar-refractivity contribution in [2.24, 2.45) is 0 Å². The smallest absolute Gasteiger partial charge is 0.121 e. The molecule has 0 saturated heterocycles. The van der Waals surface area contributed by atoms with Gasteiger partial charge in [0.25, 0.3) is 0 Å². The zero-order valence-electron chi connectivity index (χ0n) is 6.90. The van der Waals surface area contributed by atoms with Gasteiger partial charge < -0.3 is 14.9 Å². The lowest BCUT2D eigenvalue weighted by atomic mass is 10.1. The summed E-state index contributed by atoms with van der Waals surface area (Å²) < 4.78 is 4.96. The molecule has 0 fully saturated rings. The molecule has 0 amide bonds. The van der Waals surface area contributed by atoms with Gasteiger partial charge in [0.05, 0.1) is 6.61 Å². The fourth-order valence-electron chi connectivity index (χ4n) is 1.06. The van der Waals surface area contributed by atoms with Crippen molar-refractivity contribution in [2.75, 3.05) is 13.7 Å². The molecular weight excluding hydrogens is 156 g/mol. The summed E-state index contributed by atoms with van der Waals surface area (Å²) in [6, 6.07) is 6.80. The van der Waals surface area contributed by atoms with Crippen molar-refractivity contribution in [3.8, 4) is 5.75 Å². The zero-order valence-corrected chi connectivity index (χ0v) is 6.90. The third kappa shape index (κ3) is 1.75. The average molecular weight is 168 g/mol. The SMILES string of the molecule is COC(CO)c1ccccc1O. The first-order valence-electron chi connectivity index (χ1n) is 3.71. The van der Waals surface area contributed by atoms with Crippen molar-refractivity contribution >= 4 is 0 Å². The highest BCUT2D eigenvalue weighted by Gasteiger charge is 2.11. The standard InChI is InChI=1S/C9H12O3/c1-12-9(6-10)7-4-2-3-5-8(7)11/h2-5,9-11H,6H2,1H3. The molecule has 1 aromatic carbocycles. The second-order valence-corrected chi connectivity index (χ2v) is 2.47. The van der Waals surface area contributed by atoms with Crippen LogP contribution in [0.4, 0.5) is 0 Å². The Labute approximate surface area is 71.2 Å². The van der Waals surface area contributed by atoms with E-state index in [-0.39, 0.29) is 12.4 Å². The lowest BCUT2D eigenvalue weighted by molar-refractivity contribution is 0.0468. The van der Waals surface area contributed by atoms with Crippen LogP contribution >= 0.6 is 0 Å². The summed E-state index contributed by atoms with van der Waals surface area (Å²) in [6.07, 6.45) is -0.439. The van der Waals surface area contributed by atoms with Crippen LogP contribution in [0.3, 0.4) is 0 Å². The normalized spacial score (nSPS) is 12.8. The maximum atomic E-state index is 9.35. The van der Waals surface area contributed by atoms with Gasteiger partial charge in [-0.2, -0.15) is 0 Å². The van der Waals surface area contributed by atoms with Gasteiger partial charge in [-0.05, 0) is 6.07 Å². The Balaban J connectivity index is 2.92. The number of para-hydroxylation sites is 1. The Hall–Kier alpha value is -1.06. The molecule has 66 valence electrons. The van der Waals surface area contributed by atoms with Crippen molar-refractivity contribution < 1.29 is 14.9 Å². The average Bonchev–Trinajstić information content (AvgIpc) is 2.10. The van der Waals surface area contributed by atoms with Crippen LogP contribution in [0, 0.1) is 0 Å². The maximum Gasteiger partial charge on any atom is 0.121 e. The molecule has 1 unspecified atom stereocenters. The Kier molecular flexibility index (Phi) is 3.08. The van der Waals surface area contributed by atoms with Crippen molar-refractivity contribution in [1.82, 2.24) is 0 Å². The van der Waals surface area contributed by atoms with E-state index in [4.69, 9.17) is 9.84 Å². The van der Waals surface area contributed by atoms with E-state index in [0.29, 0.717) is 5.56 Å². The number of aliphatic hydroxyl groups is 1. The zero-order chi connectivity index (χ0) is 8.97. The molecule has 1 atom stereocenters. The van der Waals surface area contributed by atoms with E-state index in [1.807, 2.05) is 0 Å². The predicted molar refractivity (Wildman–Crippen MR) is 44.9 cm³/mol. The lowest BCUT2D eigenvalue weighted by Crippen LogP contribution is -2.06. The lowest BCUT2D eigenvalue weighted by Gasteiger charge is -2.13. The van der Waals surface area contributed by atoms with Crippen LogP contribution in [0.1, 0.15) is 11.7 Å². The van der Waals surface area contributed by atoms with Crippen molar-refractivity contribution in [2.45, 2.75) is 6.10 Å². The van der Waals surface area contributed by atoms with Gasteiger partial charge in [-0.25, -0.2) is 0 Å². The number of benzene rings is 1. The highest BCUT2D eigenvalue weighted by atomic mass is 16.5. The summed E-state index contributed by atoms with van der Waals surface area (Å²) in [6.45, 7) is -0.131. The molecule has 0 aliphatic heterocycles. The first-order valence-corrected chi connectivity index (χ1v) is 3.71. The van der Waals surface area contributed by atoms with Gasteiger partial charge in [-0.3, -0.25) is 0 Å². The number of aromatic hydroxyl groups is 1. The molecule has 1 rings (SSSR count). The molecule has 1 aromatic rings. The van der Waals surface area contributed by atoms with Crippen molar-refractivity contribution in [1.29, 1.82) is 0 Å². The number of phenols is 1. The third-order valence-corrected chi connectivity index (χ3v) is 1.73. The second-order valence-electron chi connectivity index (χ2n) is 2.47. The minimum Gasteiger partial charge on any atom is -0.508 e. The van der Waals surface area contributed by atoms with Crippen LogP contribution in [0.5, 0.6) is 5.75 Å². The summed E-state index contributed by atoms with van der Waals surface area (Å²) in [7, 11) is 1.49. The summed E-state index contributed by atoms with van der Waals surface area (Å²) in [4.78, 5) is 0. The van der Waals surface area contributed by atoms with Crippen LogP contribution < -0.4 is 0 Å². The summed E-state index contributed by atoms with van der Waals surface area (Å²) in [5.41, 5.74) is 0.613. The molecule has 0 spiro atoms. The van der Waals surface area contributed by atoms with Gasteiger partial charge in [0, 0.05) is 12.7 Å². The maximum absolute atomic E-state index is 9.35. The van der Waals surface area contributed by atoms with E-state index in [2.05, 4.69) is 0 Å². The second kappa shape index (κ2) is 4.09. The molecule has 0 heterocycles. The minimum absolute atomic E-state index is 0.131. The first-order chi connectivity index (χ1) is 5.79. The topological polar surface area (TPSA) is 49.7 Å². The summed E-state index contributed by atoms with van der Waals surface area (Å²) >= 11 is 0. The van der Waals surface area contributed by atoms with Gasteiger partial charge in [0.15, 0.2) is 0 Å². The van der Waals surface area contributed by atoms with Crippen LogP contribution in [0.25, 0.3) is 0 Å². The molecular formula is C9H12O3. The molecule has 0 saturated carbocycles. The Morgan fingerprint density at radius 1 is 1.42 bits per heavy atom. The highest BCUT2D eigenvalue weighted by Crippen LogP contribution is 2.24. The fraction of sp³-hybridized carbons (Fsp3) is 0.333. The Morgan fingerprint density at radius 3 is 2.58 bits per heavy atom. The van der Waals surface area contributed by atoms with E-state index in [1.54, 1.807) is 24.3 Å². The number of methoxy groups -OCH3 is 1. The number of rotatable bonds is 3. The number of hydrogen-bond acceptors (Lipinski definition) is 3. The molecule has 0 aliphatic rings. The molecule has 3 nitrogen and oxygen atoms in total. The van der Waals surface area contributed by atoms with Gasteiger partial charge in [-0.1, -0.05) is 18.2 Å². The molecule has 0 bridgehead atoms. The van der Waals surface area contributed by atoms with Crippen LogP contribution in [-0.2, 0) is 4.74 Å². The molecule has 12 heavy (non-hydrogen) atoms. The number of hydrogen-bond donors (Lipinski definition) is 2. The molecule has 2 N–H and O–H groups in total.